The number of carbonyl (C=O) groups is 1. The molecule has 1 N–H and O–H groups in total. The van der Waals surface area contributed by atoms with Crippen LogP contribution in [0.3, 0.4) is 0 Å². The summed E-state index contributed by atoms with van der Waals surface area (Å²) >= 11 is 6.46. The fourth-order valence-corrected chi connectivity index (χ4v) is 10.1. The van der Waals surface area contributed by atoms with E-state index in [1.165, 1.54) is 17.5 Å². The highest BCUT2D eigenvalue weighted by Crippen LogP contribution is 2.45. The van der Waals surface area contributed by atoms with Gasteiger partial charge in [-0.15, -0.1) is 4.36 Å². The zero-order chi connectivity index (χ0) is 35.9. The maximum atomic E-state index is 14.8. The number of nitrogens with zero attached hydrogens (tertiary/aromatic N) is 6. The highest BCUT2D eigenvalue weighted by Gasteiger charge is 2.42. The molecule has 51 heavy (non-hydrogen) atoms. The molecule has 7 rings (SSSR count). The van der Waals surface area contributed by atoms with Crippen LogP contribution in [0, 0.1) is 17.8 Å². The fourth-order valence-electron chi connectivity index (χ4n) is 7.92. The maximum Gasteiger partial charge on any atom is 0.286 e. The molecule has 11 nitrogen and oxygen atoms in total. The van der Waals surface area contributed by atoms with Crippen molar-refractivity contribution in [1.29, 1.82) is 0 Å². The van der Waals surface area contributed by atoms with Gasteiger partial charge in [-0.1, -0.05) is 50.6 Å². The van der Waals surface area contributed by atoms with E-state index in [0.717, 1.165) is 30.0 Å². The summed E-state index contributed by atoms with van der Waals surface area (Å²) in [5.41, 5.74) is 3.89. The number of amides is 1. The summed E-state index contributed by atoms with van der Waals surface area (Å²) in [5, 5.41) is 5.69. The molecule has 0 radical (unpaired) electrons. The van der Waals surface area contributed by atoms with Gasteiger partial charge in [0.25, 0.3) is 5.91 Å². The van der Waals surface area contributed by atoms with Gasteiger partial charge in [0.15, 0.2) is 11.5 Å². The number of aryl methyl sites for hydroxylation is 2. The lowest BCUT2D eigenvalue weighted by atomic mass is 9.70. The Morgan fingerprint density at radius 2 is 1.98 bits per heavy atom. The molecule has 1 aliphatic carbocycles. The van der Waals surface area contributed by atoms with E-state index in [9.17, 15) is 9.00 Å². The lowest BCUT2D eigenvalue weighted by Gasteiger charge is -2.42. The van der Waals surface area contributed by atoms with Crippen molar-refractivity contribution in [1.82, 2.24) is 19.7 Å². The molecule has 270 valence electrons. The minimum absolute atomic E-state index is 0.0810. The van der Waals surface area contributed by atoms with E-state index in [2.05, 4.69) is 67.2 Å². The fraction of sp³-hybridized carbons (Fsp3) is 0.474. The van der Waals surface area contributed by atoms with Crippen LogP contribution in [0.5, 0.6) is 5.75 Å². The van der Waals surface area contributed by atoms with Crippen molar-refractivity contribution in [3.8, 4) is 5.75 Å². The molecule has 3 aliphatic rings. The summed E-state index contributed by atoms with van der Waals surface area (Å²) in [6.07, 6.45) is 10.8. The highest BCUT2D eigenvalue weighted by atomic mass is 35.5. The molecule has 0 fully saturated rings. The number of rotatable bonds is 3. The topological polar surface area (TPSA) is 124 Å². The van der Waals surface area contributed by atoms with E-state index in [1.807, 2.05) is 25.1 Å². The Morgan fingerprint density at radius 1 is 1.14 bits per heavy atom. The Kier molecular flexibility index (Phi) is 9.86. The van der Waals surface area contributed by atoms with Gasteiger partial charge in [-0.05, 0) is 84.9 Å². The molecule has 4 aromatic rings. The number of hydrogen-bond acceptors (Lipinski definition) is 8. The highest BCUT2D eigenvalue weighted by molar-refractivity contribution is 7.95. The third-order valence-corrected chi connectivity index (χ3v) is 13.0. The van der Waals surface area contributed by atoms with Gasteiger partial charge in [0.05, 0.1) is 29.5 Å². The zero-order valence-electron chi connectivity index (χ0n) is 29.8. The predicted molar refractivity (Wildman–Crippen MR) is 202 cm³/mol. The van der Waals surface area contributed by atoms with Gasteiger partial charge in [0, 0.05) is 49.4 Å². The SMILES string of the molecule is CO[C@H]1/C=C/C[C@H](C)CS(=O)(Nc2ncnc3nn(C)cc23)=NC(=O)c2ccc3c(c2)N(C[C@H](C)[C@H]1C)C[C@@]1(CCCc2cc(Cl)ccc21)CO3. The number of benzene rings is 2. The van der Waals surface area contributed by atoms with Crippen molar-refractivity contribution >= 4 is 50.0 Å². The second-order valence-electron chi connectivity index (χ2n) is 14.7. The number of carbonyl (C=O) groups excluding carboxylic acids is 1. The molecule has 0 saturated carbocycles. The van der Waals surface area contributed by atoms with Crippen LogP contribution in [0.25, 0.3) is 11.0 Å². The van der Waals surface area contributed by atoms with Gasteiger partial charge in [-0.3, -0.25) is 14.2 Å². The van der Waals surface area contributed by atoms with Gasteiger partial charge in [0.1, 0.15) is 22.0 Å². The van der Waals surface area contributed by atoms with Gasteiger partial charge < -0.3 is 14.4 Å². The summed E-state index contributed by atoms with van der Waals surface area (Å²) in [6, 6.07) is 11.7. The smallest absolute Gasteiger partial charge is 0.286 e. The number of ether oxygens (including phenoxy) is 2. The Balaban J connectivity index is 1.33. The first-order valence-electron chi connectivity index (χ1n) is 17.7. The van der Waals surface area contributed by atoms with Crippen LogP contribution in [-0.4, -0.2) is 68.5 Å². The second-order valence-corrected chi connectivity index (χ2v) is 17.1. The summed E-state index contributed by atoms with van der Waals surface area (Å²) in [4.78, 5) is 25.1. The molecule has 1 spiro atoms. The number of nitrogens with one attached hydrogen (secondary N) is 1. The first-order valence-corrected chi connectivity index (χ1v) is 19.7. The molecular weight excluding hydrogens is 686 g/mol. The van der Waals surface area contributed by atoms with Crippen molar-refractivity contribution in [2.45, 2.75) is 58.0 Å². The van der Waals surface area contributed by atoms with Crippen LogP contribution in [0.2, 0.25) is 5.02 Å². The number of aromatic nitrogens is 4. The van der Waals surface area contributed by atoms with Gasteiger partial charge in [-0.25, -0.2) is 14.2 Å². The largest absolute Gasteiger partial charge is 0.490 e. The molecule has 1 unspecified atom stereocenters. The third-order valence-electron chi connectivity index (χ3n) is 10.8. The monoisotopic (exact) mass is 731 g/mol. The van der Waals surface area contributed by atoms with E-state index >= 15 is 0 Å². The van der Waals surface area contributed by atoms with Crippen LogP contribution in [0.1, 0.15) is 61.5 Å². The molecule has 6 atom stereocenters. The third kappa shape index (κ3) is 7.23. The molecule has 2 bridgehead atoms. The minimum atomic E-state index is -3.36. The van der Waals surface area contributed by atoms with E-state index < -0.39 is 15.8 Å². The lowest BCUT2D eigenvalue weighted by molar-refractivity contribution is 0.0743. The second kappa shape index (κ2) is 14.2. The van der Waals surface area contributed by atoms with Crippen molar-refractivity contribution < 1.29 is 18.5 Å². The van der Waals surface area contributed by atoms with Crippen LogP contribution >= 0.6 is 11.6 Å². The molecule has 0 saturated heterocycles. The van der Waals surface area contributed by atoms with E-state index in [1.54, 1.807) is 31.1 Å². The number of halogens is 1. The summed E-state index contributed by atoms with van der Waals surface area (Å²) in [5.74, 6) is 0.897. The molecule has 13 heteroatoms. The minimum Gasteiger partial charge on any atom is -0.490 e. The first kappa shape index (κ1) is 35.4. The Labute approximate surface area is 305 Å². The van der Waals surface area contributed by atoms with E-state index in [-0.39, 0.29) is 35.0 Å². The lowest BCUT2D eigenvalue weighted by Crippen LogP contribution is -2.47. The molecule has 1 amide bonds. The number of fused-ring (bicyclic) bond motifs is 4. The Hall–Kier alpha value is -4.00. The van der Waals surface area contributed by atoms with Crippen LogP contribution < -0.4 is 14.4 Å². The first-order chi connectivity index (χ1) is 24.5. The van der Waals surface area contributed by atoms with Gasteiger partial charge in [0.2, 0.25) is 0 Å². The van der Waals surface area contributed by atoms with Crippen LogP contribution in [0.4, 0.5) is 11.5 Å². The quantitative estimate of drug-likeness (QED) is 0.223. The average molecular weight is 732 g/mol. The number of anilines is 2. The van der Waals surface area contributed by atoms with E-state index in [4.69, 9.17) is 21.1 Å². The predicted octanol–water partition coefficient (Wildman–Crippen LogP) is 7.01. The van der Waals surface area contributed by atoms with E-state index in [0.29, 0.717) is 54.3 Å². The summed E-state index contributed by atoms with van der Waals surface area (Å²) in [7, 11) is 0.173. The van der Waals surface area contributed by atoms with Crippen molar-refractivity contribution in [2.24, 2.45) is 29.2 Å². The van der Waals surface area contributed by atoms with Crippen LogP contribution in [0.15, 0.2) is 65.4 Å². The average Bonchev–Trinajstić information content (AvgIpc) is 3.42. The molecule has 4 heterocycles. The standard InChI is InChI=1S/C38H46ClN7O4S/c1-24-8-6-10-33(49-5)26(3)25(2)18-46-21-38(15-7-9-27-16-29(39)12-13-31(27)38)22-50-34-14-11-28(17-32(34)46)37(47)44-51(48,20-24)43-36-30-19-45(4)42-35(30)40-23-41-36/h6,10-14,16-17,19,23-26,33H,7-9,15,18,20-22H2,1-5H3,(H,40,41,42,43,44,47,48)/b10-6+/t24-,25-,26+,33-,38-,51?/m0/s1. The summed E-state index contributed by atoms with van der Waals surface area (Å²) in [6.45, 7) is 8.43. The molecule has 2 aromatic heterocycles. The number of methoxy groups -OCH3 is 1. The maximum absolute atomic E-state index is 14.8. The zero-order valence-corrected chi connectivity index (χ0v) is 31.4. The normalized spacial score (nSPS) is 29.1. The Morgan fingerprint density at radius 3 is 2.80 bits per heavy atom. The van der Waals surface area contributed by atoms with Gasteiger partial charge >= 0.3 is 0 Å². The number of allylic oxidation sites excluding steroid dienone is 1. The molecular formula is C38H46ClN7O4S. The Bertz CT molecular complexity index is 2110. The van der Waals surface area contributed by atoms with Crippen molar-refractivity contribution in [3.05, 3.63) is 82.8 Å². The molecule has 2 aliphatic heterocycles. The van der Waals surface area contributed by atoms with Crippen molar-refractivity contribution in [3.63, 3.8) is 0 Å². The van der Waals surface area contributed by atoms with Crippen LogP contribution in [-0.2, 0) is 33.5 Å². The van der Waals surface area contributed by atoms with Gasteiger partial charge in [-0.2, -0.15) is 5.10 Å². The molecule has 2 aromatic carbocycles. The van der Waals surface area contributed by atoms with Crippen molar-refractivity contribution in [2.75, 3.05) is 42.2 Å². The summed E-state index contributed by atoms with van der Waals surface area (Å²) < 4.78 is 36.6. The number of hydrogen-bond donors (Lipinski definition) is 1.